The van der Waals surface area contributed by atoms with E-state index in [1.165, 1.54) is 56.6 Å². The van der Waals surface area contributed by atoms with Gasteiger partial charge in [0.25, 0.3) is 15.9 Å². The van der Waals surface area contributed by atoms with Crippen molar-refractivity contribution >= 4 is 31.6 Å². The Bertz CT molecular complexity index is 1370. The highest BCUT2D eigenvalue weighted by atomic mass is 32.2. The van der Waals surface area contributed by atoms with Gasteiger partial charge in [0.05, 0.1) is 22.6 Å². The van der Waals surface area contributed by atoms with Crippen LogP contribution in [-0.4, -0.2) is 36.9 Å². The van der Waals surface area contributed by atoms with Crippen LogP contribution in [0.4, 0.5) is 5.69 Å². The Kier molecular flexibility index (Phi) is 7.06. The molecule has 0 radical (unpaired) electrons. The molecule has 0 aromatic heterocycles. The Morgan fingerprint density at radius 3 is 2.21 bits per heavy atom. The lowest BCUT2D eigenvalue weighted by atomic mass is 10.2. The number of nitrogens with two attached hydrogens (primary N) is 1. The van der Waals surface area contributed by atoms with E-state index in [-0.39, 0.29) is 21.9 Å². The highest BCUT2D eigenvalue weighted by Gasteiger charge is 2.22. The monoisotopic (exact) mass is 489 g/mol. The predicted octanol–water partition coefficient (Wildman–Crippen LogP) is 2.10. The summed E-state index contributed by atoms with van der Waals surface area (Å²) >= 11 is 0. The average molecular weight is 490 g/mol. The Labute approximate surface area is 192 Å². The van der Waals surface area contributed by atoms with Gasteiger partial charge < -0.3 is 10.1 Å². The van der Waals surface area contributed by atoms with Crippen LogP contribution in [0.3, 0.4) is 0 Å². The van der Waals surface area contributed by atoms with Crippen LogP contribution in [0.25, 0.3) is 0 Å². The standard InChI is InChI=1S/C22H23N3O6S2/c1-25(18-9-11-19(31-2)12-10-18)33(29,30)21-8-4-6-17(14-21)22(26)24-15-16-5-3-7-20(13-16)32(23,27)28/h3-14H,15H2,1-2H3,(H,24,26)(H2,23,27,28). The molecule has 3 aromatic carbocycles. The number of anilines is 1. The van der Waals surface area contributed by atoms with Crippen LogP contribution in [0.15, 0.2) is 82.6 Å². The first-order valence-corrected chi connectivity index (χ1v) is 12.6. The lowest BCUT2D eigenvalue weighted by molar-refractivity contribution is 0.0950. The fraction of sp³-hybridized carbons (Fsp3) is 0.136. The Morgan fingerprint density at radius 1 is 0.939 bits per heavy atom. The van der Waals surface area contributed by atoms with Gasteiger partial charge in [-0.3, -0.25) is 9.10 Å². The molecule has 11 heteroatoms. The summed E-state index contributed by atoms with van der Waals surface area (Å²) in [5, 5.41) is 7.78. The van der Waals surface area contributed by atoms with E-state index in [1.807, 2.05) is 0 Å². The second kappa shape index (κ2) is 9.61. The van der Waals surface area contributed by atoms with Gasteiger partial charge in [-0.25, -0.2) is 22.0 Å². The lowest BCUT2D eigenvalue weighted by Crippen LogP contribution is -2.27. The van der Waals surface area contributed by atoms with E-state index in [9.17, 15) is 21.6 Å². The van der Waals surface area contributed by atoms with Crippen LogP contribution in [-0.2, 0) is 26.6 Å². The molecule has 3 aromatic rings. The van der Waals surface area contributed by atoms with E-state index in [0.29, 0.717) is 17.0 Å². The quantitative estimate of drug-likeness (QED) is 0.497. The van der Waals surface area contributed by atoms with Gasteiger partial charge in [-0.1, -0.05) is 18.2 Å². The molecule has 0 fully saturated rings. The van der Waals surface area contributed by atoms with Crippen LogP contribution < -0.4 is 19.5 Å². The molecule has 9 nitrogen and oxygen atoms in total. The maximum absolute atomic E-state index is 13.1. The molecule has 0 saturated heterocycles. The van der Waals surface area contributed by atoms with Crippen LogP contribution in [0.1, 0.15) is 15.9 Å². The molecule has 174 valence electrons. The minimum atomic E-state index is -3.92. The molecule has 0 atom stereocenters. The maximum Gasteiger partial charge on any atom is 0.264 e. The minimum Gasteiger partial charge on any atom is -0.497 e. The number of carbonyl (C=O) groups excluding carboxylic acids is 1. The summed E-state index contributed by atoms with van der Waals surface area (Å²) in [6, 6.07) is 18.1. The third kappa shape index (κ3) is 5.69. The van der Waals surface area contributed by atoms with Crippen molar-refractivity contribution in [3.05, 3.63) is 83.9 Å². The molecule has 0 spiro atoms. The van der Waals surface area contributed by atoms with Crippen molar-refractivity contribution in [1.29, 1.82) is 0 Å². The predicted molar refractivity (Wildman–Crippen MR) is 124 cm³/mol. The Hall–Kier alpha value is -3.41. The summed E-state index contributed by atoms with van der Waals surface area (Å²) in [6.07, 6.45) is 0. The van der Waals surface area contributed by atoms with Crippen LogP contribution in [0.5, 0.6) is 5.75 Å². The number of nitrogens with zero attached hydrogens (tertiary/aromatic N) is 1. The number of nitrogens with one attached hydrogen (secondary N) is 1. The van der Waals surface area contributed by atoms with Crippen LogP contribution in [0, 0.1) is 0 Å². The first-order valence-electron chi connectivity index (χ1n) is 9.65. The van der Waals surface area contributed by atoms with Gasteiger partial charge in [-0.2, -0.15) is 0 Å². The first kappa shape index (κ1) is 24.2. The molecule has 0 saturated carbocycles. The number of sulfonamides is 2. The molecule has 3 rings (SSSR count). The SMILES string of the molecule is COc1ccc(N(C)S(=O)(=O)c2cccc(C(=O)NCc3cccc(S(N)(=O)=O)c3)c2)cc1. The summed E-state index contributed by atoms with van der Waals surface area (Å²) in [5.41, 5.74) is 1.10. The number of rotatable bonds is 8. The fourth-order valence-corrected chi connectivity index (χ4v) is 4.83. The van der Waals surface area contributed by atoms with Gasteiger partial charge in [-0.05, 0) is 60.2 Å². The zero-order chi connectivity index (χ0) is 24.2. The zero-order valence-corrected chi connectivity index (χ0v) is 19.6. The number of carbonyl (C=O) groups is 1. The second-order valence-corrected chi connectivity index (χ2v) is 10.6. The summed E-state index contributed by atoms with van der Waals surface area (Å²) in [7, 11) is -4.85. The van der Waals surface area contributed by atoms with Crippen molar-refractivity contribution in [2.45, 2.75) is 16.3 Å². The van der Waals surface area contributed by atoms with Crippen molar-refractivity contribution in [1.82, 2.24) is 5.32 Å². The van der Waals surface area contributed by atoms with Gasteiger partial charge in [0.1, 0.15) is 5.75 Å². The molecular weight excluding hydrogens is 466 g/mol. The molecule has 0 unspecified atom stereocenters. The van der Waals surface area contributed by atoms with Gasteiger partial charge in [-0.15, -0.1) is 0 Å². The van der Waals surface area contributed by atoms with Crippen LogP contribution in [0.2, 0.25) is 0 Å². The van der Waals surface area contributed by atoms with E-state index < -0.39 is 26.0 Å². The lowest BCUT2D eigenvalue weighted by Gasteiger charge is -2.20. The van der Waals surface area contributed by atoms with E-state index in [4.69, 9.17) is 9.88 Å². The summed E-state index contributed by atoms with van der Waals surface area (Å²) in [6.45, 7) is 0.0327. The molecule has 0 aliphatic carbocycles. The third-order valence-corrected chi connectivity index (χ3v) is 7.56. The number of primary sulfonamides is 1. The smallest absolute Gasteiger partial charge is 0.264 e. The van der Waals surface area contributed by atoms with Crippen molar-refractivity contribution in [2.24, 2.45) is 5.14 Å². The summed E-state index contributed by atoms with van der Waals surface area (Å²) in [4.78, 5) is 12.5. The minimum absolute atomic E-state index is 0.0327. The zero-order valence-electron chi connectivity index (χ0n) is 17.9. The van der Waals surface area contributed by atoms with Gasteiger partial charge in [0, 0.05) is 19.2 Å². The molecule has 3 N–H and O–H groups in total. The number of methoxy groups -OCH3 is 1. The van der Waals surface area contributed by atoms with E-state index in [1.54, 1.807) is 30.3 Å². The third-order valence-electron chi connectivity index (χ3n) is 4.87. The molecule has 33 heavy (non-hydrogen) atoms. The average Bonchev–Trinajstić information content (AvgIpc) is 2.81. The number of hydrogen-bond acceptors (Lipinski definition) is 6. The van der Waals surface area contributed by atoms with Crippen molar-refractivity contribution < 1.29 is 26.4 Å². The highest BCUT2D eigenvalue weighted by molar-refractivity contribution is 7.92. The summed E-state index contributed by atoms with van der Waals surface area (Å²) < 4.78 is 55.3. The van der Waals surface area contributed by atoms with Crippen LogP contribution >= 0.6 is 0 Å². The number of amides is 1. The maximum atomic E-state index is 13.1. The number of hydrogen-bond donors (Lipinski definition) is 2. The van der Waals surface area contributed by atoms with E-state index >= 15 is 0 Å². The second-order valence-electron chi connectivity index (χ2n) is 7.07. The largest absolute Gasteiger partial charge is 0.497 e. The first-order chi connectivity index (χ1) is 15.5. The highest BCUT2D eigenvalue weighted by Crippen LogP contribution is 2.24. The van der Waals surface area contributed by atoms with Crippen molar-refractivity contribution in [2.75, 3.05) is 18.5 Å². The van der Waals surface area contributed by atoms with E-state index in [2.05, 4.69) is 5.32 Å². The number of benzene rings is 3. The Morgan fingerprint density at radius 2 is 1.58 bits per heavy atom. The number of ether oxygens (including phenoxy) is 1. The van der Waals surface area contributed by atoms with Crippen molar-refractivity contribution in [3.8, 4) is 5.75 Å². The molecule has 0 bridgehead atoms. The fourth-order valence-electron chi connectivity index (χ4n) is 3.00. The van der Waals surface area contributed by atoms with Gasteiger partial charge in [0.15, 0.2) is 0 Å². The molecule has 0 aliphatic heterocycles. The Balaban J connectivity index is 1.77. The molecule has 1 amide bonds. The normalized spacial score (nSPS) is 11.6. The topological polar surface area (TPSA) is 136 Å². The van der Waals surface area contributed by atoms with Gasteiger partial charge in [0.2, 0.25) is 10.0 Å². The van der Waals surface area contributed by atoms with E-state index in [0.717, 1.165) is 4.31 Å². The molecule has 0 aliphatic rings. The van der Waals surface area contributed by atoms with Crippen molar-refractivity contribution in [3.63, 3.8) is 0 Å². The summed E-state index contributed by atoms with van der Waals surface area (Å²) in [5.74, 6) is 0.0815. The molecular formula is C22H23N3O6S2. The van der Waals surface area contributed by atoms with Gasteiger partial charge >= 0.3 is 0 Å². The molecule has 0 heterocycles.